The van der Waals surface area contributed by atoms with Crippen LogP contribution >= 0.6 is 0 Å². The van der Waals surface area contributed by atoms with Gasteiger partial charge in [-0.1, -0.05) is 49.8 Å². The van der Waals surface area contributed by atoms with Crippen LogP contribution in [0.1, 0.15) is 50.7 Å². The highest BCUT2D eigenvalue weighted by Gasteiger charge is 2.07. The molecule has 4 nitrogen and oxygen atoms in total. The van der Waals surface area contributed by atoms with E-state index in [1.165, 1.54) is 18.4 Å². The van der Waals surface area contributed by atoms with Crippen LogP contribution in [-0.2, 0) is 15.9 Å². The van der Waals surface area contributed by atoms with Crippen LogP contribution in [0, 0.1) is 0 Å². The van der Waals surface area contributed by atoms with E-state index in [-0.39, 0.29) is 12.3 Å². The van der Waals surface area contributed by atoms with E-state index in [0.29, 0.717) is 13.2 Å². The fraction of sp³-hybridized carbons (Fsp3) is 0.619. The van der Waals surface area contributed by atoms with Crippen molar-refractivity contribution in [2.45, 2.75) is 58.3 Å². The summed E-state index contributed by atoms with van der Waals surface area (Å²) < 4.78 is 11.0. The van der Waals surface area contributed by atoms with Crippen LogP contribution in [0.25, 0.3) is 6.08 Å². The zero-order valence-electron chi connectivity index (χ0n) is 16.0. The first-order valence-electron chi connectivity index (χ1n) is 9.60. The second-order valence-corrected chi connectivity index (χ2v) is 6.30. The Balaban J connectivity index is 2.05. The summed E-state index contributed by atoms with van der Waals surface area (Å²) in [5.74, 6) is 0. The molecule has 0 aliphatic carbocycles. The van der Waals surface area contributed by atoms with E-state index in [2.05, 4.69) is 36.2 Å². The minimum absolute atomic E-state index is 0.129. The molecule has 0 saturated heterocycles. The number of benzene rings is 1. The number of hydrogen-bond acceptors (Lipinski definition) is 4. The van der Waals surface area contributed by atoms with Crippen molar-refractivity contribution in [1.29, 1.82) is 0 Å². The van der Waals surface area contributed by atoms with Crippen molar-refractivity contribution in [1.82, 2.24) is 5.32 Å². The van der Waals surface area contributed by atoms with E-state index in [1.54, 1.807) is 0 Å². The first-order valence-corrected chi connectivity index (χ1v) is 9.60. The summed E-state index contributed by atoms with van der Waals surface area (Å²) in [6, 6.07) is 8.72. The fourth-order valence-electron chi connectivity index (χ4n) is 2.79. The van der Waals surface area contributed by atoms with Gasteiger partial charge in [0, 0.05) is 25.8 Å². The molecule has 142 valence electrons. The topological polar surface area (TPSA) is 56.5 Å². The first-order chi connectivity index (χ1) is 12.2. The van der Waals surface area contributed by atoms with Crippen molar-refractivity contribution in [3.05, 3.63) is 42.0 Å². The first kappa shape index (κ1) is 21.8. The molecule has 1 rings (SSSR count). The van der Waals surface area contributed by atoms with Gasteiger partial charge in [-0.05, 0) is 50.8 Å². The molecule has 25 heavy (non-hydrogen) atoms. The largest absolute Gasteiger partial charge is 0.352 e. The highest BCUT2D eigenvalue weighted by Crippen LogP contribution is 2.10. The van der Waals surface area contributed by atoms with Gasteiger partial charge in [-0.3, -0.25) is 0 Å². The van der Waals surface area contributed by atoms with Crippen molar-refractivity contribution in [2.24, 2.45) is 5.73 Å². The second-order valence-electron chi connectivity index (χ2n) is 6.30. The normalized spacial score (nSPS) is 12.5. The Morgan fingerprint density at radius 1 is 1.08 bits per heavy atom. The molecule has 1 unspecified atom stereocenters. The highest BCUT2D eigenvalue weighted by molar-refractivity contribution is 5.47. The zero-order chi connectivity index (χ0) is 18.3. The number of hydrogen-bond donors (Lipinski definition) is 2. The molecular weight excluding hydrogens is 312 g/mol. The molecule has 0 heterocycles. The summed E-state index contributed by atoms with van der Waals surface area (Å²) in [4.78, 5) is 0. The summed E-state index contributed by atoms with van der Waals surface area (Å²) in [6.45, 7) is 10.9. The van der Waals surface area contributed by atoms with Crippen LogP contribution in [-0.4, -0.2) is 38.6 Å². The van der Waals surface area contributed by atoms with Crippen LogP contribution < -0.4 is 11.1 Å². The van der Waals surface area contributed by atoms with Crippen molar-refractivity contribution in [2.75, 3.05) is 26.3 Å². The maximum absolute atomic E-state index is 6.25. The molecule has 0 saturated carbocycles. The summed E-state index contributed by atoms with van der Waals surface area (Å²) >= 11 is 0. The Bertz CT molecular complexity index is 442. The maximum Gasteiger partial charge on any atom is 0.169 e. The van der Waals surface area contributed by atoms with Gasteiger partial charge < -0.3 is 20.5 Å². The van der Waals surface area contributed by atoms with E-state index in [0.717, 1.165) is 37.9 Å². The lowest BCUT2D eigenvalue weighted by Crippen LogP contribution is -2.32. The Hall–Kier alpha value is -1.20. The lowest BCUT2D eigenvalue weighted by molar-refractivity contribution is -0.132. The molecule has 0 aliphatic heterocycles. The van der Waals surface area contributed by atoms with Gasteiger partial charge in [-0.25, -0.2) is 0 Å². The molecule has 3 N–H and O–H groups in total. The summed E-state index contributed by atoms with van der Waals surface area (Å²) in [5.41, 5.74) is 8.71. The van der Waals surface area contributed by atoms with Crippen LogP contribution in [0.15, 0.2) is 30.8 Å². The minimum atomic E-state index is -0.129. The Kier molecular flexibility index (Phi) is 12.2. The van der Waals surface area contributed by atoms with E-state index >= 15 is 0 Å². The molecule has 1 aromatic carbocycles. The van der Waals surface area contributed by atoms with Crippen LogP contribution in [0.4, 0.5) is 0 Å². The third-order valence-electron chi connectivity index (χ3n) is 4.16. The number of nitrogens with two attached hydrogens (primary N) is 1. The molecule has 1 atom stereocenters. The summed E-state index contributed by atoms with van der Waals surface area (Å²) in [7, 11) is 0. The average molecular weight is 349 g/mol. The SMILES string of the molecule is C=Cc1ccc(CC(N)CCCCCNCC(OCC)OCC)cc1. The number of ether oxygens (including phenoxy) is 2. The van der Waals surface area contributed by atoms with E-state index in [4.69, 9.17) is 15.2 Å². The molecule has 1 aromatic rings. The third-order valence-corrected chi connectivity index (χ3v) is 4.16. The van der Waals surface area contributed by atoms with Gasteiger partial charge in [-0.15, -0.1) is 0 Å². The van der Waals surface area contributed by atoms with Crippen LogP contribution in [0.5, 0.6) is 0 Å². The van der Waals surface area contributed by atoms with Gasteiger partial charge in [0.15, 0.2) is 6.29 Å². The molecule has 0 spiro atoms. The van der Waals surface area contributed by atoms with E-state index < -0.39 is 0 Å². The molecule has 4 heteroatoms. The zero-order valence-corrected chi connectivity index (χ0v) is 16.0. The summed E-state index contributed by atoms with van der Waals surface area (Å²) in [6.07, 6.45) is 7.28. The predicted molar refractivity (Wildman–Crippen MR) is 107 cm³/mol. The quantitative estimate of drug-likeness (QED) is 0.374. The monoisotopic (exact) mass is 348 g/mol. The molecule has 0 aliphatic rings. The third kappa shape index (κ3) is 10.4. The van der Waals surface area contributed by atoms with Gasteiger partial charge >= 0.3 is 0 Å². The molecule has 0 fully saturated rings. The number of unbranched alkanes of at least 4 members (excludes halogenated alkanes) is 2. The second kappa shape index (κ2) is 14.0. The van der Waals surface area contributed by atoms with Crippen LogP contribution in [0.3, 0.4) is 0 Å². The number of nitrogens with one attached hydrogen (secondary N) is 1. The molecule has 0 bridgehead atoms. The summed E-state index contributed by atoms with van der Waals surface area (Å²) in [5, 5.41) is 3.40. The molecule has 0 aromatic heterocycles. The Morgan fingerprint density at radius 3 is 2.36 bits per heavy atom. The molecule has 0 radical (unpaired) electrons. The highest BCUT2D eigenvalue weighted by atomic mass is 16.7. The standard InChI is InChI=1S/C21H36N2O2/c1-4-18-11-13-19(14-12-18)16-20(22)10-8-7-9-15-23-17-21(24-5-2)25-6-3/h4,11-14,20-21,23H,1,5-10,15-17,22H2,2-3H3. The van der Waals surface area contributed by atoms with Crippen molar-refractivity contribution < 1.29 is 9.47 Å². The molecule has 0 amide bonds. The van der Waals surface area contributed by atoms with Gasteiger partial charge in [-0.2, -0.15) is 0 Å². The van der Waals surface area contributed by atoms with E-state index in [9.17, 15) is 0 Å². The van der Waals surface area contributed by atoms with Crippen molar-refractivity contribution in [3.8, 4) is 0 Å². The van der Waals surface area contributed by atoms with Crippen molar-refractivity contribution >= 4 is 6.08 Å². The number of rotatable bonds is 15. The lowest BCUT2D eigenvalue weighted by atomic mass is 10.0. The van der Waals surface area contributed by atoms with Gasteiger partial charge in [0.05, 0.1) is 0 Å². The van der Waals surface area contributed by atoms with E-state index in [1.807, 2.05) is 19.9 Å². The lowest BCUT2D eigenvalue weighted by Gasteiger charge is -2.17. The van der Waals surface area contributed by atoms with Crippen LogP contribution in [0.2, 0.25) is 0 Å². The van der Waals surface area contributed by atoms with Gasteiger partial charge in [0.25, 0.3) is 0 Å². The molecular formula is C21H36N2O2. The maximum atomic E-state index is 6.25. The fourth-order valence-corrected chi connectivity index (χ4v) is 2.79. The Morgan fingerprint density at radius 2 is 1.76 bits per heavy atom. The Labute approximate surface area is 153 Å². The van der Waals surface area contributed by atoms with Crippen molar-refractivity contribution in [3.63, 3.8) is 0 Å². The van der Waals surface area contributed by atoms with Gasteiger partial charge in [0.1, 0.15) is 0 Å². The average Bonchev–Trinajstić information content (AvgIpc) is 2.62. The smallest absolute Gasteiger partial charge is 0.169 e. The predicted octanol–water partition coefficient (Wildman–Crippen LogP) is 3.75. The minimum Gasteiger partial charge on any atom is -0.352 e. The van der Waals surface area contributed by atoms with Gasteiger partial charge in [0.2, 0.25) is 0 Å².